The van der Waals surface area contributed by atoms with Gasteiger partial charge in [0.15, 0.2) is 12.6 Å². The molecule has 6 amide bonds. The molecule has 3 aliphatic heterocycles. The second-order valence-electron chi connectivity index (χ2n) is 37.7. The van der Waals surface area contributed by atoms with E-state index in [4.69, 9.17) is 42.6 Å². The maximum atomic E-state index is 14.1. The van der Waals surface area contributed by atoms with Gasteiger partial charge in [0.05, 0.1) is 97.0 Å². The van der Waals surface area contributed by atoms with Gasteiger partial charge in [0.25, 0.3) is 0 Å². The summed E-state index contributed by atoms with van der Waals surface area (Å²) in [6.45, 7) is 22.6. The third-order valence-corrected chi connectivity index (χ3v) is 27.3. The lowest BCUT2D eigenvalue weighted by Gasteiger charge is -2.43. The van der Waals surface area contributed by atoms with Crippen LogP contribution in [0.4, 0.5) is 0 Å². The lowest BCUT2D eigenvalue weighted by atomic mass is 9.79. The summed E-state index contributed by atoms with van der Waals surface area (Å²) in [4.78, 5) is 111. The molecule has 8 aromatic rings. The first-order valence-electron chi connectivity index (χ1n) is 49.3. The maximum Gasteiger partial charge on any atom is 0.338 e. The molecule has 30 heteroatoms. The molecular weight excluding hydrogens is 1760 g/mol. The van der Waals surface area contributed by atoms with Crippen molar-refractivity contribution in [1.82, 2.24) is 61.5 Å². The number of hydrogen-bond donors (Lipinski definition) is 5. The van der Waals surface area contributed by atoms with E-state index in [0.717, 1.165) is 81.3 Å². The predicted molar refractivity (Wildman–Crippen MR) is 530 cm³/mol. The van der Waals surface area contributed by atoms with Crippen LogP contribution in [-0.4, -0.2) is 199 Å². The van der Waals surface area contributed by atoms with E-state index in [1.807, 2.05) is 151 Å². The van der Waals surface area contributed by atoms with Gasteiger partial charge in [-0.15, -0.1) is 10.2 Å². The summed E-state index contributed by atoms with van der Waals surface area (Å²) in [6, 6.07) is 49.3. The van der Waals surface area contributed by atoms with Crippen LogP contribution in [0.1, 0.15) is 223 Å². The number of Topliss-reactive ketones (excluding diaryl/α,β-unsaturated/α-hetero) is 1. The highest BCUT2D eigenvalue weighted by Gasteiger charge is 2.45. The molecule has 3 saturated heterocycles. The fraction of sp³-hybridized carbons (Fsp3) is 0.551. The minimum absolute atomic E-state index is 0. The molecule has 0 saturated carbocycles. The normalized spacial score (nSPS) is 20.4. The number of carbonyl (C=O) groups excluding carboxylic acids is 8. The first-order valence-corrected chi connectivity index (χ1v) is 49.3. The highest BCUT2D eigenvalue weighted by atomic mass is 32.1. The van der Waals surface area contributed by atoms with Crippen molar-refractivity contribution in [2.24, 2.45) is 47.3 Å². The van der Waals surface area contributed by atoms with E-state index in [-0.39, 0.29) is 148 Å². The molecule has 5 N–H and O–H groups in total. The zero-order valence-electron chi connectivity index (χ0n) is 82.3. The number of nitrogens with zero attached hydrogens (tertiary/aromatic N) is 7. The average molecular weight is 1910 g/mol. The van der Waals surface area contributed by atoms with Crippen molar-refractivity contribution in [1.29, 1.82) is 0 Å². The molecule has 3 aliphatic rings. The number of methoxy groups -OCH3 is 3. The number of ketones is 1. The monoisotopic (exact) mass is 1910 g/mol. The zero-order valence-corrected chi connectivity index (χ0v) is 83.3. The van der Waals surface area contributed by atoms with Gasteiger partial charge in [-0.05, 0) is 178 Å². The molecule has 3 fully saturated rings. The van der Waals surface area contributed by atoms with Crippen molar-refractivity contribution < 1.29 is 81.0 Å². The van der Waals surface area contributed by atoms with E-state index in [1.54, 1.807) is 50.3 Å². The van der Waals surface area contributed by atoms with E-state index in [0.29, 0.717) is 153 Å². The van der Waals surface area contributed by atoms with E-state index in [1.165, 1.54) is 0 Å². The van der Waals surface area contributed by atoms with Gasteiger partial charge >= 0.3 is 5.97 Å². The van der Waals surface area contributed by atoms with Crippen LogP contribution in [0.25, 0.3) is 22.5 Å². The maximum absolute atomic E-state index is 14.1. The number of benzene rings is 6. The predicted octanol–water partition coefficient (Wildman–Crippen LogP) is 16.1. The van der Waals surface area contributed by atoms with Crippen molar-refractivity contribution in [3.63, 3.8) is 0 Å². The Bertz CT molecular complexity index is 5000. The zero-order chi connectivity index (χ0) is 96.9. The third kappa shape index (κ3) is 32.9. The Balaban J connectivity index is 0.0000194. The number of hydrogen-bond acceptors (Lipinski definition) is 21. The Morgan fingerprint density at radius 1 is 0.482 bits per heavy atom. The summed E-state index contributed by atoms with van der Waals surface area (Å²) < 4.78 is 59.5. The number of unbranched alkanes of at least 4 members (excludes halogenated alkanes) is 8. The highest BCUT2D eigenvalue weighted by Crippen LogP contribution is 2.44. The molecule has 11 rings (SSSR count). The summed E-state index contributed by atoms with van der Waals surface area (Å²) in [5.74, 6) is 1.76. The van der Waals surface area contributed by atoms with Crippen LogP contribution >= 0.6 is 13.5 Å². The molecule has 29 nitrogen and oxygen atoms in total. The smallest absolute Gasteiger partial charge is 0.338 e. The number of carbonyl (C=O) groups is 8. The molecular formula is C107H148N12O17S. The van der Waals surface area contributed by atoms with Gasteiger partial charge in [-0.3, -0.25) is 33.6 Å². The lowest BCUT2D eigenvalue weighted by molar-refractivity contribution is -0.256. The van der Waals surface area contributed by atoms with Crippen molar-refractivity contribution in [3.05, 3.63) is 198 Å². The van der Waals surface area contributed by atoms with Crippen LogP contribution in [0.2, 0.25) is 0 Å². The summed E-state index contributed by atoms with van der Waals surface area (Å²) in [6.07, 6.45) is 11.3. The van der Waals surface area contributed by atoms with E-state index >= 15 is 0 Å². The topological polar surface area (TPSA) is 344 Å². The first-order chi connectivity index (χ1) is 65.8. The van der Waals surface area contributed by atoms with Gasteiger partial charge in [0, 0.05) is 94.1 Å². The van der Waals surface area contributed by atoms with E-state index in [9.17, 15) is 38.4 Å². The molecule has 0 aliphatic carbocycles. The van der Waals surface area contributed by atoms with Crippen molar-refractivity contribution in [3.8, 4) is 39.8 Å². The number of aryl methyl sites for hydroxylation is 1. The summed E-state index contributed by atoms with van der Waals surface area (Å²) >= 11 is 0. The first kappa shape index (κ1) is 108. The molecule has 744 valence electrons. The van der Waals surface area contributed by atoms with E-state index < -0.39 is 42.2 Å². The number of amides is 6. The molecule has 0 spiro atoms. The average Bonchev–Trinajstić information content (AvgIpc) is 1.48. The van der Waals surface area contributed by atoms with Crippen LogP contribution in [0.3, 0.4) is 0 Å². The lowest BCUT2D eigenvalue weighted by Crippen LogP contribution is -2.48. The standard InChI is InChI=1S/C107H146N12O17.H2S/c1-72-33-31-36-82(59-72)94-65-117(115-113-94)68-97-78(7)76(5)80(9)106(136-97)132-71-92(134-104(127)81-34-19-15-20-35-81)63-111-99(122)44-25-18-30-58-109-103(126)93(55-56-100(123)108-57-29-17-24-43-98(121)110-62-74(3)69-131-105-79(8)75(4)77(6)96(135-105)67-118-66-95(114-116-118)83-37-32-42-91(61-83)130-12)112-101(124)45-28-27-41-88(120)40-23-13-14-26-46-102(125)119-64-73(2)60-87(119)70-133-107(84-38-21-16-22-39-84,85-47-51-89(128-10)52-48-85)86-49-53-90(129-11)54-50-86;/h15-16,19-22,31-39,42,47-54,59,61,65-66,73-80,87,92-93,96-97,105-106H,13-14,17-18,23-30,40-41,43-46,55-58,60,62-64,67-71H2,1-12H3,(H,108,123)(H,109,126)(H,110,121)(H,111,122)(H,112,124);1H2/t73-,74?,75?,76?,77?,78?,79?,80?,87+,92?,93+,96?,97?,105?,106?;/m1./s1. The number of aromatic nitrogens is 6. The second-order valence-corrected chi connectivity index (χ2v) is 37.7. The summed E-state index contributed by atoms with van der Waals surface area (Å²) in [7, 11) is 4.93. The molecule has 137 heavy (non-hydrogen) atoms. The Labute approximate surface area is 816 Å². The van der Waals surface area contributed by atoms with Gasteiger partial charge in [0.2, 0.25) is 35.4 Å². The molecule has 5 heterocycles. The molecule has 0 radical (unpaired) electrons. The minimum Gasteiger partial charge on any atom is -0.497 e. The van der Waals surface area contributed by atoms with Gasteiger partial charge in [-0.1, -0.05) is 200 Å². The van der Waals surface area contributed by atoms with Crippen LogP contribution in [0, 0.1) is 54.3 Å². The number of esters is 1. The minimum atomic E-state index is -1.03. The molecule has 15 atom stereocenters. The molecule has 2 aromatic heterocycles. The van der Waals surface area contributed by atoms with Gasteiger partial charge in [-0.25, -0.2) is 14.2 Å². The number of nitrogens with one attached hydrogen (secondary N) is 5. The molecule has 6 aromatic carbocycles. The number of likely N-dealkylation sites (tertiary alicyclic amines) is 1. The van der Waals surface area contributed by atoms with Crippen molar-refractivity contribution in [2.45, 2.75) is 259 Å². The largest absolute Gasteiger partial charge is 0.497 e. The Kier molecular flexibility index (Phi) is 43.9. The van der Waals surface area contributed by atoms with Gasteiger partial charge in [-0.2, -0.15) is 13.5 Å². The molecule has 12 unspecified atom stereocenters. The third-order valence-electron chi connectivity index (χ3n) is 27.3. The second kappa shape index (κ2) is 55.6. The van der Waals surface area contributed by atoms with Gasteiger partial charge in [0.1, 0.15) is 52.2 Å². The Morgan fingerprint density at radius 2 is 0.971 bits per heavy atom. The molecule has 0 bridgehead atoms. The van der Waals surface area contributed by atoms with E-state index in [2.05, 4.69) is 114 Å². The fourth-order valence-corrected chi connectivity index (χ4v) is 18.3. The van der Waals surface area contributed by atoms with Gasteiger partial charge < -0.3 is 74.1 Å². The van der Waals surface area contributed by atoms with Crippen molar-refractivity contribution in [2.75, 3.05) is 73.9 Å². The Morgan fingerprint density at radius 3 is 1.55 bits per heavy atom. The number of rotatable bonds is 56. The van der Waals surface area contributed by atoms with Crippen LogP contribution < -0.4 is 40.8 Å². The summed E-state index contributed by atoms with van der Waals surface area (Å²) in [5, 5.41) is 32.5. The fourth-order valence-electron chi connectivity index (χ4n) is 18.3. The Hall–Kier alpha value is -10.9. The SMILES string of the molecule is COc1ccc(C(OC[C@@H]2C[C@@H](C)CN2C(=O)CCCCCCC(=O)CCCCC(=O)N[C@@H](CCC(=O)NCCCCCC(=O)NCC(C)COC2OC(Cn3cc(-c4cccc(OC)c4)nn3)C(C)C(C)C2C)C(=O)NCCCCCC(=O)NCC(COC2OC(Cn3cc(-c4cccc(C)c4)nn3)C(C)C(C)C2C)OC(=O)c2ccccc2)(c2ccccc2)c2ccc(OC)cc2)cc1.S. The summed E-state index contributed by atoms with van der Waals surface area (Å²) in [5.41, 5.74) is 6.65. The highest BCUT2D eigenvalue weighted by molar-refractivity contribution is 7.59. The quantitative estimate of drug-likeness (QED) is 0.0134. The van der Waals surface area contributed by atoms with Crippen molar-refractivity contribution >= 4 is 60.7 Å². The van der Waals surface area contributed by atoms with Crippen LogP contribution in [0.15, 0.2) is 170 Å². The van der Waals surface area contributed by atoms with Crippen LogP contribution in [-0.2, 0) is 80.7 Å². The van der Waals surface area contributed by atoms with Crippen LogP contribution in [0.5, 0.6) is 17.2 Å². The number of ether oxygens (including phenoxy) is 9.